The number of nitrogens with zero attached hydrogens (tertiary/aromatic N) is 2. The molecule has 1 heterocycles. The number of hydrogen-bond donors (Lipinski definition) is 2. The molecule has 0 saturated carbocycles. The van der Waals surface area contributed by atoms with Crippen LogP contribution in [0.2, 0.25) is 5.02 Å². The Kier molecular flexibility index (Phi) is 7.32. The van der Waals surface area contributed by atoms with E-state index >= 15 is 0 Å². The van der Waals surface area contributed by atoms with Crippen LogP contribution in [0.15, 0.2) is 65.1 Å². The zero-order valence-corrected chi connectivity index (χ0v) is 20.6. The van der Waals surface area contributed by atoms with Crippen LogP contribution in [-0.2, 0) is 13.2 Å². The Bertz CT molecular complexity index is 1340. The van der Waals surface area contributed by atoms with Crippen molar-refractivity contribution in [3.63, 3.8) is 0 Å². The van der Waals surface area contributed by atoms with Gasteiger partial charge in [0.25, 0.3) is 0 Å². The van der Waals surface area contributed by atoms with Crippen LogP contribution in [0, 0.1) is 10.6 Å². The molecule has 3 aromatic carbocycles. The van der Waals surface area contributed by atoms with E-state index in [-0.39, 0.29) is 12.4 Å². The van der Waals surface area contributed by atoms with Crippen molar-refractivity contribution in [2.45, 2.75) is 13.2 Å². The van der Waals surface area contributed by atoms with E-state index in [0.717, 1.165) is 15.6 Å². The second-order valence-corrected chi connectivity index (χ2v) is 8.71. The number of H-pyrrole nitrogens is 1. The van der Waals surface area contributed by atoms with Gasteiger partial charge in [0.2, 0.25) is 4.77 Å². The van der Waals surface area contributed by atoms with Crippen molar-refractivity contribution in [3.05, 3.63) is 91.9 Å². The summed E-state index contributed by atoms with van der Waals surface area (Å²) in [5.41, 5.74) is 5.65. The molecule has 170 valence electrons. The number of rotatable bonds is 8. The SMILES string of the molecule is COc1ccccc1-c1n[nH]c(=S)n1NCc1cc(Br)ccc1OCc1ccc(F)cc1Cl. The minimum absolute atomic E-state index is 0.200. The van der Waals surface area contributed by atoms with Crippen LogP contribution in [0.1, 0.15) is 11.1 Å². The van der Waals surface area contributed by atoms with Crippen LogP contribution >= 0.6 is 39.7 Å². The molecular formula is C23H19BrClFN4O2S. The number of ether oxygens (including phenoxy) is 2. The average molecular weight is 550 g/mol. The summed E-state index contributed by atoms with van der Waals surface area (Å²) in [6.45, 7) is 0.591. The van der Waals surface area contributed by atoms with Gasteiger partial charge in [0.1, 0.15) is 23.9 Å². The van der Waals surface area contributed by atoms with E-state index in [2.05, 4.69) is 31.6 Å². The van der Waals surface area contributed by atoms with Gasteiger partial charge in [0.05, 0.1) is 24.2 Å². The predicted molar refractivity (Wildman–Crippen MR) is 132 cm³/mol. The largest absolute Gasteiger partial charge is 0.496 e. The Labute approximate surface area is 208 Å². The van der Waals surface area contributed by atoms with Crippen LogP contribution in [0.5, 0.6) is 11.5 Å². The Morgan fingerprint density at radius 1 is 1.12 bits per heavy atom. The highest BCUT2D eigenvalue weighted by Gasteiger charge is 2.14. The van der Waals surface area contributed by atoms with Crippen LogP contribution in [0.25, 0.3) is 11.4 Å². The maximum absolute atomic E-state index is 13.3. The van der Waals surface area contributed by atoms with Gasteiger partial charge in [-0.05, 0) is 54.7 Å². The van der Waals surface area contributed by atoms with Crippen LogP contribution in [0.3, 0.4) is 0 Å². The lowest BCUT2D eigenvalue weighted by atomic mass is 10.2. The molecule has 0 atom stereocenters. The number of para-hydroxylation sites is 1. The number of aromatic nitrogens is 3. The summed E-state index contributed by atoms with van der Waals surface area (Å²) >= 11 is 15.1. The highest BCUT2D eigenvalue weighted by atomic mass is 79.9. The molecule has 0 fully saturated rings. The molecule has 0 aliphatic carbocycles. The molecule has 4 rings (SSSR count). The van der Waals surface area contributed by atoms with Gasteiger partial charge in [0.15, 0.2) is 5.82 Å². The minimum Gasteiger partial charge on any atom is -0.496 e. The Morgan fingerprint density at radius 2 is 1.94 bits per heavy atom. The number of halogens is 3. The van der Waals surface area contributed by atoms with E-state index in [0.29, 0.717) is 39.2 Å². The first-order chi connectivity index (χ1) is 16.0. The molecule has 0 spiro atoms. The maximum Gasteiger partial charge on any atom is 0.214 e. The normalized spacial score (nSPS) is 10.8. The van der Waals surface area contributed by atoms with E-state index in [4.69, 9.17) is 33.3 Å². The minimum atomic E-state index is -0.389. The molecule has 10 heteroatoms. The van der Waals surface area contributed by atoms with Gasteiger partial charge >= 0.3 is 0 Å². The van der Waals surface area contributed by atoms with Crippen LogP contribution < -0.4 is 14.9 Å². The highest BCUT2D eigenvalue weighted by Crippen LogP contribution is 2.29. The van der Waals surface area contributed by atoms with Gasteiger partial charge < -0.3 is 14.9 Å². The quantitative estimate of drug-likeness (QED) is 0.246. The summed E-state index contributed by atoms with van der Waals surface area (Å²) < 4.78 is 27.8. The first-order valence-electron chi connectivity index (χ1n) is 9.86. The third kappa shape index (κ3) is 5.38. The fraction of sp³-hybridized carbons (Fsp3) is 0.130. The molecule has 4 aromatic rings. The second-order valence-electron chi connectivity index (χ2n) is 7.00. The predicted octanol–water partition coefficient (Wildman–Crippen LogP) is 6.49. The first-order valence-corrected chi connectivity index (χ1v) is 11.4. The lowest BCUT2D eigenvalue weighted by Crippen LogP contribution is -2.17. The van der Waals surface area contributed by atoms with E-state index < -0.39 is 0 Å². The van der Waals surface area contributed by atoms with Crippen LogP contribution in [-0.4, -0.2) is 22.0 Å². The van der Waals surface area contributed by atoms with E-state index in [1.54, 1.807) is 17.9 Å². The zero-order valence-electron chi connectivity index (χ0n) is 17.4. The molecule has 6 nitrogen and oxygen atoms in total. The topological polar surface area (TPSA) is 64.1 Å². The number of methoxy groups -OCH3 is 1. The second kappa shape index (κ2) is 10.4. The van der Waals surface area contributed by atoms with Crippen molar-refractivity contribution in [2.75, 3.05) is 12.5 Å². The van der Waals surface area contributed by atoms with Crippen molar-refractivity contribution in [3.8, 4) is 22.9 Å². The molecule has 2 N–H and O–H groups in total. The molecule has 0 aliphatic heterocycles. The third-order valence-corrected chi connectivity index (χ3v) is 5.99. The van der Waals surface area contributed by atoms with Crippen LogP contribution in [0.4, 0.5) is 4.39 Å². The van der Waals surface area contributed by atoms with Gasteiger partial charge in [-0.1, -0.05) is 45.7 Å². The Hall–Kier alpha value is -2.88. The standard InChI is InChI=1S/C23H19BrClFN4O2S/c1-31-21-5-3-2-4-18(21)22-28-29-23(33)30(22)27-12-15-10-16(24)7-9-20(15)32-13-14-6-8-17(26)11-19(14)25/h2-11,27H,12-13H2,1H3,(H,29,33). The molecule has 0 bridgehead atoms. The highest BCUT2D eigenvalue weighted by molar-refractivity contribution is 9.10. The Morgan fingerprint density at radius 3 is 2.73 bits per heavy atom. The molecule has 0 aliphatic rings. The molecule has 0 saturated heterocycles. The summed E-state index contributed by atoms with van der Waals surface area (Å²) in [5.74, 6) is 1.53. The van der Waals surface area contributed by atoms with Gasteiger partial charge in [0, 0.05) is 15.6 Å². The molecule has 33 heavy (non-hydrogen) atoms. The summed E-state index contributed by atoms with van der Waals surface area (Å²) in [6, 6.07) is 17.5. The van der Waals surface area contributed by atoms with Crippen molar-refractivity contribution in [1.29, 1.82) is 0 Å². The van der Waals surface area contributed by atoms with E-state index in [9.17, 15) is 4.39 Å². The van der Waals surface area contributed by atoms with Crippen molar-refractivity contribution in [1.82, 2.24) is 14.9 Å². The lowest BCUT2D eigenvalue weighted by molar-refractivity contribution is 0.303. The Balaban J connectivity index is 1.57. The molecule has 0 unspecified atom stereocenters. The van der Waals surface area contributed by atoms with Crippen molar-refractivity contribution in [2.24, 2.45) is 0 Å². The fourth-order valence-electron chi connectivity index (χ4n) is 3.24. The molecule has 0 amide bonds. The fourth-order valence-corrected chi connectivity index (χ4v) is 4.07. The van der Waals surface area contributed by atoms with E-state index in [1.165, 1.54) is 12.1 Å². The lowest BCUT2D eigenvalue weighted by Gasteiger charge is -2.16. The summed E-state index contributed by atoms with van der Waals surface area (Å²) in [5, 5.41) is 7.49. The monoisotopic (exact) mass is 548 g/mol. The summed E-state index contributed by atoms with van der Waals surface area (Å²) in [4.78, 5) is 0. The van der Waals surface area contributed by atoms with Gasteiger partial charge in [-0.25, -0.2) is 14.2 Å². The smallest absolute Gasteiger partial charge is 0.214 e. The number of nitrogens with one attached hydrogen (secondary N) is 2. The first kappa shape index (κ1) is 23.3. The number of hydrogen-bond acceptors (Lipinski definition) is 5. The van der Waals surface area contributed by atoms with Gasteiger partial charge in [-0.15, -0.1) is 0 Å². The molecule has 1 aromatic heterocycles. The summed E-state index contributed by atoms with van der Waals surface area (Å²) in [7, 11) is 1.61. The molecule has 0 radical (unpaired) electrons. The third-order valence-electron chi connectivity index (χ3n) is 4.87. The van der Waals surface area contributed by atoms with E-state index in [1.807, 2.05) is 42.5 Å². The maximum atomic E-state index is 13.3. The summed E-state index contributed by atoms with van der Waals surface area (Å²) in [6.07, 6.45) is 0. The number of benzene rings is 3. The van der Waals surface area contributed by atoms with Gasteiger partial charge in [-0.3, -0.25) is 0 Å². The van der Waals surface area contributed by atoms with Crippen molar-refractivity contribution >= 4 is 39.7 Å². The van der Waals surface area contributed by atoms with Gasteiger partial charge in [-0.2, -0.15) is 5.10 Å². The van der Waals surface area contributed by atoms with Crippen molar-refractivity contribution < 1.29 is 13.9 Å². The average Bonchev–Trinajstić information content (AvgIpc) is 3.18. The number of aromatic amines is 1. The molecular weight excluding hydrogens is 531 g/mol. The zero-order chi connectivity index (χ0) is 23.4.